The van der Waals surface area contributed by atoms with Gasteiger partial charge in [-0.05, 0) is 32.4 Å². The first-order valence-corrected chi connectivity index (χ1v) is 7.94. The zero-order valence-corrected chi connectivity index (χ0v) is 12.8. The zero-order valence-electron chi connectivity index (χ0n) is 12.0. The molecule has 1 aromatic rings. The topological polar surface area (TPSA) is 69.7 Å². The first-order valence-electron chi connectivity index (χ1n) is 6.53. The summed E-state index contributed by atoms with van der Waals surface area (Å²) in [6, 6.07) is 6.22. The van der Waals surface area contributed by atoms with Gasteiger partial charge in [-0.25, -0.2) is 4.79 Å². The Hall–Kier alpha value is -1.40. The fraction of sp³-hybridized carbons (Fsp3) is 0.500. The summed E-state index contributed by atoms with van der Waals surface area (Å²) in [5, 5.41) is 0. The molecule has 0 fully saturated rings. The molecule has 1 atom stereocenters. The molecule has 0 aliphatic carbocycles. The van der Waals surface area contributed by atoms with Crippen molar-refractivity contribution in [3.63, 3.8) is 0 Å². The Kier molecular flexibility index (Phi) is 6.16. The van der Waals surface area contributed by atoms with Crippen LogP contribution in [0.2, 0.25) is 0 Å². The number of hydrogen-bond donors (Lipinski definition) is 0. The molecule has 0 aliphatic heterocycles. The molecule has 1 rings (SSSR count). The molecule has 0 N–H and O–H groups in total. The molecule has 0 amide bonds. The molecular weight excluding hydrogens is 280 g/mol. The van der Waals surface area contributed by atoms with Gasteiger partial charge in [-0.1, -0.05) is 31.0 Å². The summed E-state index contributed by atoms with van der Waals surface area (Å²) < 4.78 is 33.7. The van der Waals surface area contributed by atoms with Crippen molar-refractivity contribution in [3.8, 4) is 0 Å². The third-order valence-electron chi connectivity index (χ3n) is 2.65. The van der Waals surface area contributed by atoms with Gasteiger partial charge in [0.2, 0.25) is 0 Å². The maximum atomic E-state index is 12.0. The normalized spacial score (nSPS) is 12.9. The number of carbonyl (C=O) groups excluding carboxylic acids is 1. The van der Waals surface area contributed by atoms with Crippen LogP contribution in [0.25, 0.3) is 0 Å². The van der Waals surface area contributed by atoms with Gasteiger partial charge >= 0.3 is 5.97 Å². The van der Waals surface area contributed by atoms with Crippen LogP contribution >= 0.6 is 0 Å². The quantitative estimate of drug-likeness (QED) is 0.439. The molecule has 0 aromatic heterocycles. The first kappa shape index (κ1) is 16.7. The summed E-state index contributed by atoms with van der Waals surface area (Å²) in [5.41, 5.74) is 0.941. The fourth-order valence-corrected chi connectivity index (χ4v) is 2.46. The largest absolute Gasteiger partial charge is 0.464 e. The highest BCUT2D eigenvalue weighted by Gasteiger charge is 2.24. The fourth-order valence-electron chi connectivity index (χ4n) is 1.42. The Bertz CT molecular complexity index is 533. The van der Waals surface area contributed by atoms with Crippen LogP contribution in [0.3, 0.4) is 0 Å². The molecule has 0 radical (unpaired) electrons. The van der Waals surface area contributed by atoms with Gasteiger partial charge in [-0.2, -0.15) is 8.42 Å². The van der Waals surface area contributed by atoms with Gasteiger partial charge < -0.3 is 4.74 Å². The maximum Gasteiger partial charge on any atom is 0.336 e. The lowest BCUT2D eigenvalue weighted by atomic mass is 10.2. The van der Waals surface area contributed by atoms with Crippen LogP contribution in [0.1, 0.15) is 32.3 Å². The number of carbonyl (C=O) groups is 1. The SMILES string of the molecule is CCCCOC(=O)C(C)OS(=O)(=O)c1ccc(C)cc1. The minimum absolute atomic E-state index is 0.0244. The summed E-state index contributed by atoms with van der Waals surface area (Å²) >= 11 is 0. The van der Waals surface area contributed by atoms with Gasteiger partial charge in [0.15, 0.2) is 6.10 Å². The van der Waals surface area contributed by atoms with Crippen molar-refractivity contribution in [1.82, 2.24) is 0 Å². The Labute approximate surface area is 120 Å². The molecule has 5 nitrogen and oxygen atoms in total. The smallest absolute Gasteiger partial charge is 0.336 e. The number of unbranched alkanes of at least 4 members (excludes halogenated alkanes) is 1. The van der Waals surface area contributed by atoms with Crippen LogP contribution < -0.4 is 0 Å². The van der Waals surface area contributed by atoms with E-state index in [0.717, 1.165) is 18.4 Å². The van der Waals surface area contributed by atoms with E-state index in [0.29, 0.717) is 0 Å². The maximum absolute atomic E-state index is 12.0. The summed E-state index contributed by atoms with van der Waals surface area (Å²) in [7, 11) is -3.95. The van der Waals surface area contributed by atoms with E-state index in [4.69, 9.17) is 8.92 Å². The van der Waals surface area contributed by atoms with Crippen LogP contribution in [-0.2, 0) is 23.8 Å². The second kappa shape index (κ2) is 7.40. The minimum Gasteiger partial charge on any atom is -0.464 e. The number of esters is 1. The third-order valence-corrected chi connectivity index (χ3v) is 4.05. The summed E-state index contributed by atoms with van der Waals surface area (Å²) in [6.45, 7) is 5.45. The van der Waals surface area contributed by atoms with Crippen molar-refractivity contribution >= 4 is 16.1 Å². The zero-order chi connectivity index (χ0) is 15.2. The number of benzene rings is 1. The van der Waals surface area contributed by atoms with E-state index in [2.05, 4.69) is 0 Å². The van der Waals surface area contributed by atoms with E-state index in [9.17, 15) is 13.2 Å². The predicted molar refractivity (Wildman–Crippen MR) is 74.8 cm³/mol. The van der Waals surface area contributed by atoms with Gasteiger partial charge in [0, 0.05) is 0 Å². The van der Waals surface area contributed by atoms with E-state index >= 15 is 0 Å². The van der Waals surface area contributed by atoms with E-state index in [1.807, 2.05) is 13.8 Å². The second-order valence-corrected chi connectivity index (χ2v) is 6.10. The molecule has 1 aromatic carbocycles. The van der Waals surface area contributed by atoms with Crippen molar-refractivity contribution in [3.05, 3.63) is 29.8 Å². The Balaban J connectivity index is 2.66. The average molecular weight is 300 g/mol. The Morgan fingerprint density at radius 1 is 1.25 bits per heavy atom. The van der Waals surface area contributed by atoms with Crippen molar-refractivity contribution in [1.29, 1.82) is 0 Å². The Morgan fingerprint density at radius 3 is 2.40 bits per heavy atom. The highest BCUT2D eigenvalue weighted by molar-refractivity contribution is 7.86. The summed E-state index contributed by atoms with van der Waals surface area (Å²) in [6.07, 6.45) is 0.478. The van der Waals surface area contributed by atoms with Gasteiger partial charge in [0.1, 0.15) is 0 Å². The summed E-state index contributed by atoms with van der Waals surface area (Å²) in [4.78, 5) is 11.6. The van der Waals surface area contributed by atoms with Crippen LogP contribution in [-0.4, -0.2) is 27.1 Å². The first-order chi connectivity index (χ1) is 9.36. The summed E-state index contributed by atoms with van der Waals surface area (Å²) in [5.74, 6) is -0.672. The number of ether oxygens (including phenoxy) is 1. The standard InChI is InChI=1S/C14H20O5S/c1-4-5-10-18-14(15)12(3)19-20(16,17)13-8-6-11(2)7-9-13/h6-9,12H,4-5,10H2,1-3H3. The minimum atomic E-state index is -3.95. The molecule has 0 aliphatic rings. The van der Waals surface area contributed by atoms with Crippen LogP contribution in [0.5, 0.6) is 0 Å². The van der Waals surface area contributed by atoms with Crippen molar-refractivity contribution in [2.45, 2.75) is 44.6 Å². The molecule has 0 saturated carbocycles. The molecule has 20 heavy (non-hydrogen) atoms. The molecule has 0 spiro atoms. The Morgan fingerprint density at radius 2 is 1.85 bits per heavy atom. The van der Waals surface area contributed by atoms with Crippen molar-refractivity contribution in [2.75, 3.05) is 6.61 Å². The number of hydrogen-bond acceptors (Lipinski definition) is 5. The van der Waals surface area contributed by atoms with E-state index in [-0.39, 0.29) is 11.5 Å². The van der Waals surface area contributed by atoms with Crippen LogP contribution in [0.4, 0.5) is 0 Å². The highest BCUT2D eigenvalue weighted by Crippen LogP contribution is 2.15. The van der Waals surface area contributed by atoms with E-state index < -0.39 is 22.2 Å². The van der Waals surface area contributed by atoms with Gasteiger partial charge in [-0.3, -0.25) is 4.18 Å². The molecule has 112 valence electrons. The lowest BCUT2D eigenvalue weighted by molar-refractivity contribution is -0.151. The lowest BCUT2D eigenvalue weighted by Crippen LogP contribution is -2.26. The van der Waals surface area contributed by atoms with E-state index in [1.165, 1.54) is 19.1 Å². The lowest BCUT2D eigenvalue weighted by Gasteiger charge is -2.12. The molecule has 0 heterocycles. The molecule has 6 heteroatoms. The van der Waals surface area contributed by atoms with E-state index in [1.54, 1.807) is 12.1 Å². The number of rotatable bonds is 7. The van der Waals surface area contributed by atoms with Gasteiger partial charge in [-0.15, -0.1) is 0 Å². The molecule has 0 bridgehead atoms. The van der Waals surface area contributed by atoms with Gasteiger partial charge in [0.25, 0.3) is 10.1 Å². The average Bonchev–Trinajstić information content (AvgIpc) is 2.38. The van der Waals surface area contributed by atoms with Crippen LogP contribution in [0, 0.1) is 6.92 Å². The number of aryl methyl sites for hydroxylation is 1. The van der Waals surface area contributed by atoms with Crippen LogP contribution in [0.15, 0.2) is 29.2 Å². The highest BCUT2D eigenvalue weighted by atomic mass is 32.2. The monoisotopic (exact) mass is 300 g/mol. The third kappa shape index (κ3) is 4.94. The van der Waals surface area contributed by atoms with Crippen molar-refractivity contribution in [2.24, 2.45) is 0 Å². The second-order valence-electron chi connectivity index (χ2n) is 4.53. The van der Waals surface area contributed by atoms with Gasteiger partial charge in [0.05, 0.1) is 11.5 Å². The van der Waals surface area contributed by atoms with Crippen molar-refractivity contribution < 1.29 is 22.1 Å². The predicted octanol–water partition coefficient (Wildman–Crippen LogP) is 2.43. The molecule has 0 saturated heterocycles. The molecule has 1 unspecified atom stereocenters. The molecular formula is C14H20O5S.